The summed E-state index contributed by atoms with van der Waals surface area (Å²) in [6, 6.07) is 16.4. The number of aromatic amines is 1. The molecule has 0 spiro atoms. The number of nitrogens with one attached hydrogen (secondary N) is 3. The van der Waals surface area contributed by atoms with Crippen molar-refractivity contribution >= 4 is 34.4 Å². The van der Waals surface area contributed by atoms with Gasteiger partial charge < -0.3 is 15.6 Å². The second-order valence-electron chi connectivity index (χ2n) is 8.32. The van der Waals surface area contributed by atoms with E-state index < -0.39 is 6.17 Å². The average Bonchev–Trinajstić information content (AvgIpc) is 3.24. The number of hydrogen-bond acceptors (Lipinski definition) is 4. The number of benzene rings is 2. The van der Waals surface area contributed by atoms with Gasteiger partial charge in [0, 0.05) is 40.3 Å². The number of nitrogens with zero attached hydrogens (tertiary/aromatic N) is 2. The van der Waals surface area contributed by atoms with Gasteiger partial charge in [0.15, 0.2) is 0 Å². The Morgan fingerprint density at radius 3 is 2.64 bits per heavy atom. The largest absolute Gasteiger partial charge is 0.360 e. The summed E-state index contributed by atoms with van der Waals surface area (Å²) in [7, 11) is 0. The molecule has 8 heteroatoms. The lowest BCUT2D eigenvalue weighted by Gasteiger charge is -2.32. The highest BCUT2D eigenvalue weighted by Crippen LogP contribution is 2.33. The third-order valence-electron chi connectivity index (χ3n) is 5.94. The Labute approximate surface area is 195 Å². The molecular weight excluding hydrogens is 441 g/mol. The summed E-state index contributed by atoms with van der Waals surface area (Å²) in [5.74, 6) is 0.185. The minimum Gasteiger partial charge on any atom is -0.360 e. The molecule has 0 aliphatic heterocycles. The Balaban J connectivity index is 1.32. The third-order valence-corrected chi connectivity index (χ3v) is 6.22. The lowest BCUT2D eigenvalue weighted by molar-refractivity contribution is 0.0909. The van der Waals surface area contributed by atoms with E-state index in [1.54, 1.807) is 30.5 Å². The number of carbonyl (C=O) groups is 1. The van der Waals surface area contributed by atoms with Crippen LogP contribution in [-0.2, 0) is 0 Å². The van der Waals surface area contributed by atoms with E-state index in [-0.39, 0.29) is 18.0 Å². The fourth-order valence-electron chi connectivity index (χ4n) is 4.42. The smallest absolute Gasteiger partial charge is 0.251 e. The first-order valence-electron chi connectivity index (χ1n) is 10.9. The second kappa shape index (κ2) is 9.19. The predicted molar refractivity (Wildman–Crippen MR) is 128 cm³/mol. The van der Waals surface area contributed by atoms with Crippen LogP contribution in [0.2, 0.25) is 5.02 Å². The standard InChI is InChI=1S/C25H23ClFN5O/c26-21-14-29-25(32-23(21)20-13-28-22-9-5-4-8-19(20)22)31-18-11-16(27)10-17(12-18)30-24(33)15-6-2-1-3-7-15/h1-9,13-14,16-18,28H,10-12H2,(H,30,33)(H,29,31,32)/t16-,17+,18-/m1/s1. The number of anilines is 1. The number of halogens is 2. The number of amides is 1. The number of hydrogen-bond donors (Lipinski definition) is 3. The van der Waals surface area contributed by atoms with Crippen molar-refractivity contribution in [3.63, 3.8) is 0 Å². The van der Waals surface area contributed by atoms with E-state index in [4.69, 9.17) is 11.6 Å². The molecule has 5 rings (SSSR count). The van der Waals surface area contributed by atoms with Gasteiger partial charge in [-0.15, -0.1) is 0 Å². The SMILES string of the molecule is O=C(N[C@H]1C[C@@H](F)C[C@@H](Nc2ncc(Cl)c(-c3c[nH]c4ccccc34)n2)C1)c1ccccc1. The average molecular weight is 464 g/mol. The predicted octanol–water partition coefficient (Wildman–Crippen LogP) is 5.38. The Morgan fingerprint density at radius 2 is 1.79 bits per heavy atom. The quantitative estimate of drug-likeness (QED) is 0.371. The summed E-state index contributed by atoms with van der Waals surface area (Å²) < 4.78 is 14.5. The highest BCUT2D eigenvalue weighted by atomic mass is 35.5. The van der Waals surface area contributed by atoms with E-state index in [2.05, 4.69) is 25.6 Å². The van der Waals surface area contributed by atoms with Crippen LogP contribution in [0.15, 0.2) is 67.0 Å². The molecule has 2 aromatic carbocycles. The van der Waals surface area contributed by atoms with Gasteiger partial charge in [0.25, 0.3) is 5.91 Å². The fourth-order valence-corrected chi connectivity index (χ4v) is 4.61. The molecule has 1 aliphatic carbocycles. The van der Waals surface area contributed by atoms with Gasteiger partial charge in [0.05, 0.1) is 16.9 Å². The molecule has 0 unspecified atom stereocenters. The second-order valence-corrected chi connectivity index (χ2v) is 8.73. The first kappa shape index (κ1) is 21.4. The monoisotopic (exact) mass is 463 g/mol. The van der Waals surface area contributed by atoms with Gasteiger partial charge in [-0.25, -0.2) is 14.4 Å². The molecule has 2 aromatic heterocycles. The fraction of sp³-hybridized carbons (Fsp3) is 0.240. The molecule has 0 radical (unpaired) electrons. The van der Waals surface area contributed by atoms with Crippen LogP contribution >= 0.6 is 11.6 Å². The van der Waals surface area contributed by atoms with Crippen molar-refractivity contribution < 1.29 is 9.18 Å². The summed E-state index contributed by atoms with van der Waals surface area (Å²) in [4.78, 5) is 24.7. The zero-order valence-electron chi connectivity index (χ0n) is 17.8. The zero-order chi connectivity index (χ0) is 22.8. The van der Waals surface area contributed by atoms with Crippen molar-refractivity contribution in [1.82, 2.24) is 20.3 Å². The van der Waals surface area contributed by atoms with Crippen molar-refractivity contribution in [1.29, 1.82) is 0 Å². The lowest BCUT2D eigenvalue weighted by Crippen LogP contribution is -2.45. The van der Waals surface area contributed by atoms with Crippen LogP contribution in [0.5, 0.6) is 0 Å². The maximum atomic E-state index is 14.5. The molecule has 1 saturated carbocycles. The summed E-state index contributed by atoms with van der Waals surface area (Å²) in [6.07, 6.45) is 3.59. The normalized spacial score (nSPS) is 20.5. The summed E-state index contributed by atoms with van der Waals surface area (Å²) in [6.45, 7) is 0. The number of aromatic nitrogens is 3. The van der Waals surface area contributed by atoms with Crippen LogP contribution in [0.4, 0.5) is 10.3 Å². The molecule has 0 bridgehead atoms. The molecule has 1 aliphatic rings. The Bertz CT molecular complexity index is 1280. The van der Waals surface area contributed by atoms with Gasteiger partial charge in [-0.1, -0.05) is 48.0 Å². The molecule has 3 N–H and O–H groups in total. The van der Waals surface area contributed by atoms with E-state index >= 15 is 0 Å². The van der Waals surface area contributed by atoms with E-state index in [9.17, 15) is 9.18 Å². The number of fused-ring (bicyclic) bond motifs is 1. The van der Waals surface area contributed by atoms with Gasteiger partial charge in [-0.2, -0.15) is 0 Å². The van der Waals surface area contributed by atoms with Crippen molar-refractivity contribution in [2.45, 2.75) is 37.5 Å². The number of carbonyl (C=O) groups excluding carboxylic acids is 1. The highest BCUT2D eigenvalue weighted by molar-refractivity contribution is 6.33. The molecule has 2 heterocycles. The topological polar surface area (TPSA) is 82.7 Å². The molecule has 1 fully saturated rings. The first-order valence-corrected chi connectivity index (χ1v) is 11.3. The van der Waals surface area contributed by atoms with Gasteiger partial charge in [0.1, 0.15) is 6.17 Å². The molecule has 0 saturated heterocycles. The van der Waals surface area contributed by atoms with Gasteiger partial charge in [0.2, 0.25) is 5.95 Å². The van der Waals surface area contributed by atoms with E-state index in [1.807, 2.05) is 36.5 Å². The minimum absolute atomic E-state index is 0.196. The van der Waals surface area contributed by atoms with Crippen LogP contribution in [0, 0.1) is 0 Å². The van der Waals surface area contributed by atoms with Crippen LogP contribution in [0.1, 0.15) is 29.6 Å². The minimum atomic E-state index is -1.03. The first-order chi connectivity index (χ1) is 16.1. The van der Waals surface area contributed by atoms with Crippen LogP contribution in [0.3, 0.4) is 0 Å². The number of alkyl halides is 1. The highest BCUT2D eigenvalue weighted by Gasteiger charge is 2.30. The molecule has 3 atom stereocenters. The molecular formula is C25H23ClFN5O. The number of H-pyrrole nitrogens is 1. The Hall–Kier alpha value is -3.45. The van der Waals surface area contributed by atoms with Gasteiger partial charge in [-0.3, -0.25) is 4.79 Å². The molecule has 33 heavy (non-hydrogen) atoms. The Morgan fingerprint density at radius 1 is 1.03 bits per heavy atom. The summed E-state index contributed by atoms with van der Waals surface area (Å²) >= 11 is 6.42. The number of para-hydroxylation sites is 1. The van der Waals surface area contributed by atoms with E-state index in [0.29, 0.717) is 41.5 Å². The third kappa shape index (κ3) is 4.68. The molecule has 6 nitrogen and oxygen atoms in total. The van der Waals surface area contributed by atoms with Crippen molar-refractivity contribution in [2.75, 3.05) is 5.32 Å². The maximum absolute atomic E-state index is 14.5. The molecule has 1 amide bonds. The maximum Gasteiger partial charge on any atom is 0.251 e. The Kier molecular flexibility index (Phi) is 5.96. The van der Waals surface area contributed by atoms with Crippen LogP contribution in [-0.4, -0.2) is 39.1 Å². The summed E-state index contributed by atoms with van der Waals surface area (Å²) in [5, 5.41) is 7.65. The van der Waals surface area contributed by atoms with Crippen molar-refractivity contribution in [3.05, 3.63) is 77.6 Å². The van der Waals surface area contributed by atoms with Crippen molar-refractivity contribution in [2.24, 2.45) is 0 Å². The summed E-state index contributed by atoms with van der Waals surface area (Å²) in [5.41, 5.74) is 3.03. The molecule has 168 valence electrons. The van der Waals surface area contributed by atoms with E-state index in [1.165, 1.54) is 0 Å². The van der Waals surface area contributed by atoms with Crippen LogP contribution in [0.25, 0.3) is 22.2 Å². The molecule has 4 aromatic rings. The van der Waals surface area contributed by atoms with E-state index in [0.717, 1.165) is 16.5 Å². The number of rotatable bonds is 5. The van der Waals surface area contributed by atoms with Crippen molar-refractivity contribution in [3.8, 4) is 11.3 Å². The zero-order valence-corrected chi connectivity index (χ0v) is 18.5. The van der Waals surface area contributed by atoms with Gasteiger partial charge in [-0.05, 0) is 37.5 Å². The van der Waals surface area contributed by atoms with Crippen LogP contribution < -0.4 is 10.6 Å². The van der Waals surface area contributed by atoms with Gasteiger partial charge >= 0.3 is 0 Å². The lowest BCUT2D eigenvalue weighted by atomic mass is 9.89.